The molecule has 2 N–H and O–H groups in total. The number of anilines is 1. The third-order valence-electron chi connectivity index (χ3n) is 3.62. The van der Waals surface area contributed by atoms with Crippen LogP contribution in [0.4, 0.5) is 10.5 Å². The van der Waals surface area contributed by atoms with Crippen LogP contribution in [0.5, 0.6) is 5.75 Å². The smallest absolute Gasteiger partial charge is 0.319 e. The van der Waals surface area contributed by atoms with Crippen LogP contribution in [-0.2, 0) is 6.42 Å². The Hall–Kier alpha value is -2.01. The maximum atomic E-state index is 11.9. The van der Waals surface area contributed by atoms with Crippen molar-refractivity contribution in [3.05, 3.63) is 58.1 Å². The van der Waals surface area contributed by atoms with E-state index in [-0.39, 0.29) is 12.1 Å². The molecule has 1 unspecified atom stereocenters. The highest BCUT2D eigenvalue weighted by Crippen LogP contribution is 2.27. The van der Waals surface area contributed by atoms with Crippen molar-refractivity contribution in [2.45, 2.75) is 19.4 Å². The molecule has 4 nitrogen and oxygen atoms in total. The topological polar surface area (TPSA) is 50.4 Å². The lowest BCUT2D eigenvalue weighted by Crippen LogP contribution is -2.37. The molecule has 0 aromatic heterocycles. The first-order chi connectivity index (χ1) is 10.6. The fraction of sp³-hybridized carbons (Fsp3) is 0.235. The van der Waals surface area contributed by atoms with E-state index >= 15 is 0 Å². The van der Waals surface area contributed by atoms with E-state index < -0.39 is 0 Å². The van der Waals surface area contributed by atoms with E-state index in [4.69, 9.17) is 4.74 Å². The molecule has 0 radical (unpaired) electrons. The van der Waals surface area contributed by atoms with Gasteiger partial charge in [0.1, 0.15) is 11.9 Å². The zero-order valence-electron chi connectivity index (χ0n) is 12.2. The van der Waals surface area contributed by atoms with Gasteiger partial charge in [-0.2, -0.15) is 0 Å². The first-order valence-electron chi connectivity index (χ1n) is 7.17. The average molecular weight is 361 g/mol. The summed E-state index contributed by atoms with van der Waals surface area (Å²) in [7, 11) is 0. The van der Waals surface area contributed by atoms with Crippen molar-refractivity contribution in [1.29, 1.82) is 0 Å². The maximum Gasteiger partial charge on any atom is 0.319 e. The van der Waals surface area contributed by atoms with Crippen LogP contribution in [0, 0.1) is 6.92 Å². The van der Waals surface area contributed by atoms with Gasteiger partial charge in [-0.1, -0.05) is 34.1 Å². The van der Waals surface area contributed by atoms with Gasteiger partial charge in [-0.15, -0.1) is 0 Å². The minimum atomic E-state index is -0.221. The normalized spacial score (nSPS) is 15.8. The monoisotopic (exact) mass is 360 g/mol. The molecule has 0 bridgehead atoms. The highest BCUT2D eigenvalue weighted by molar-refractivity contribution is 9.10. The second-order valence-corrected chi connectivity index (χ2v) is 6.21. The van der Waals surface area contributed by atoms with E-state index in [1.807, 2.05) is 43.3 Å². The molecule has 1 atom stereocenters. The number of para-hydroxylation sites is 1. The summed E-state index contributed by atoms with van der Waals surface area (Å²) in [6, 6.07) is 13.4. The average Bonchev–Trinajstić information content (AvgIpc) is 2.92. The number of amides is 2. The number of benzene rings is 2. The van der Waals surface area contributed by atoms with Crippen LogP contribution in [0.15, 0.2) is 46.9 Å². The third-order valence-corrected chi connectivity index (χ3v) is 4.51. The highest BCUT2D eigenvalue weighted by atomic mass is 79.9. The van der Waals surface area contributed by atoms with Crippen LogP contribution < -0.4 is 15.4 Å². The summed E-state index contributed by atoms with van der Waals surface area (Å²) in [6.07, 6.45) is 0.822. The van der Waals surface area contributed by atoms with Gasteiger partial charge >= 0.3 is 6.03 Å². The van der Waals surface area contributed by atoms with Gasteiger partial charge in [-0.3, -0.25) is 0 Å². The molecule has 114 valence electrons. The summed E-state index contributed by atoms with van der Waals surface area (Å²) in [4.78, 5) is 11.9. The zero-order valence-corrected chi connectivity index (χ0v) is 13.8. The van der Waals surface area contributed by atoms with Crippen molar-refractivity contribution >= 4 is 27.6 Å². The summed E-state index contributed by atoms with van der Waals surface area (Å²) in [6.45, 7) is 2.47. The predicted octanol–water partition coefficient (Wildman–Crippen LogP) is 3.88. The number of halogens is 1. The van der Waals surface area contributed by atoms with Crippen LogP contribution in [0.25, 0.3) is 0 Å². The minimum Gasteiger partial charge on any atom is -0.488 e. The van der Waals surface area contributed by atoms with E-state index in [0.29, 0.717) is 6.54 Å². The molecule has 1 heterocycles. The molecule has 0 spiro atoms. The number of carbonyl (C=O) groups is 1. The Morgan fingerprint density at radius 3 is 2.91 bits per heavy atom. The Morgan fingerprint density at radius 1 is 1.32 bits per heavy atom. The first kappa shape index (κ1) is 14.9. The van der Waals surface area contributed by atoms with Crippen molar-refractivity contribution in [2.75, 3.05) is 11.9 Å². The summed E-state index contributed by atoms with van der Waals surface area (Å²) in [5.74, 6) is 0.915. The van der Waals surface area contributed by atoms with Crippen molar-refractivity contribution in [3.63, 3.8) is 0 Å². The maximum absolute atomic E-state index is 11.9. The van der Waals surface area contributed by atoms with Crippen LogP contribution in [-0.4, -0.2) is 18.7 Å². The summed E-state index contributed by atoms with van der Waals surface area (Å²) in [5, 5.41) is 5.68. The largest absolute Gasteiger partial charge is 0.488 e. The fourth-order valence-corrected chi connectivity index (χ4v) is 2.72. The lowest BCUT2D eigenvalue weighted by atomic mass is 10.1. The van der Waals surface area contributed by atoms with Crippen molar-refractivity contribution < 1.29 is 9.53 Å². The second kappa shape index (κ2) is 6.40. The predicted molar refractivity (Wildman–Crippen MR) is 90.5 cm³/mol. The number of aryl methyl sites for hydroxylation is 1. The van der Waals surface area contributed by atoms with Gasteiger partial charge in [0.25, 0.3) is 0 Å². The molecule has 0 fully saturated rings. The lowest BCUT2D eigenvalue weighted by molar-refractivity contribution is 0.219. The van der Waals surface area contributed by atoms with Gasteiger partial charge in [0.05, 0.1) is 6.54 Å². The Kier molecular flexibility index (Phi) is 4.34. The number of urea groups is 1. The van der Waals surface area contributed by atoms with Crippen LogP contribution in [0.3, 0.4) is 0 Å². The SMILES string of the molecule is Cc1cc(NC(=O)NCC2Cc3ccccc3O2)ccc1Br. The van der Waals surface area contributed by atoms with Gasteiger partial charge in [0.15, 0.2) is 0 Å². The standard InChI is InChI=1S/C17H17BrN2O2/c1-11-8-13(6-7-15(11)18)20-17(21)19-10-14-9-12-4-2-3-5-16(12)22-14/h2-8,14H,9-10H2,1H3,(H2,19,20,21). The number of rotatable bonds is 3. The van der Waals surface area contributed by atoms with Gasteiger partial charge in [-0.05, 0) is 42.3 Å². The Morgan fingerprint density at radius 2 is 2.14 bits per heavy atom. The molecule has 1 aliphatic rings. The quantitative estimate of drug-likeness (QED) is 0.872. The highest BCUT2D eigenvalue weighted by Gasteiger charge is 2.22. The van der Waals surface area contributed by atoms with E-state index in [2.05, 4.69) is 32.6 Å². The minimum absolute atomic E-state index is 0.00481. The lowest BCUT2D eigenvalue weighted by Gasteiger charge is -2.13. The molecular formula is C17H17BrN2O2. The van der Waals surface area contributed by atoms with Crippen molar-refractivity contribution in [2.24, 2.45) is 0 Å². The third kappa shape index (κ3) is 3.42. The van der Waals surface area contributed by atoms with Gasteiger partial charge in [0, 0.05) is 16.6 Å². The summed E-state index contributed by atoms with van der Waals surface area (Å²) < 4.78 is 6.82. The zero-order chi connectivity index (χ0) is 15.5. The molecule has 2 amide bonds. The van der Waals surface area contributed by atoms with Crippen LogP contribution in [0.1, 0.15) is 11.1 Å². The van der Waals surface area contributed by atoms with Gasteiger partial charge in [-0.25, -0.2) is 4.79 Å². The molecule has 0 aliphatic carbocycles. The molecule has 3 rings (SSSR count). The molecule has 5 heteroatoms. The number of hydrogen-bond donors (Lipinski definition) is 2. The molecular weight excluding hydrogens is 344 g/mol. The Labute approximate surface area is 138 Å². The molecule has 1 aliphatic heterocycles. The van der Waals surface area contributed by atoms with Gasteiger partial charge in [0.2, 0.25) is 0 Å². The number of hydrogen-bond acceptors (Lipinski definition) is 2. The molecule has 2 aromatic rings. The fourth-order valence-electron chi connectivity index (χ4n) is 2.47. The molecule has 22 heavy (non-hydrogen) atoms. The van der Waals surface area contributed by atoms with Gasteiger partial charge < -0.3 is 15.4 Å². The van der Waals surface area contributed by atoms with Crippen LogP contribution >= 0.6 is 15.9 Å². The first-order valence-corrected chi connectivity index (χ1v) is 7.96. The Bertz CT molecular complexity index is 678. The van der Waals surface area contributed by atoms with Crippen molar-refractivity contribution in [3.8, 4) is 5.75 Å². The van der Waals surface area contributed by atoms with E-state index in [1.54, 1.807) is 0 Å². The Balaban J connectivity index is 1.50. The number of fused-ring (bicyclic) bond motifs is 1. The molecule has 0 saturated carbocycles. The van der Waals surface area contributed by atoms with E-state index in [1.165, 1.54) is 5.56 Å². The number of nitrogens with one attached hydrogen (secondary N) is 2. The molecule has 2 aromatic carbocycles. The summed E-state index contributed by atoms with van der Waals surface area (Å²) >= 11 is 3.44. The van der Waals surface area contributed by atoms with Crippen molar-refractivity contribution in [1.82, 2.24) is 5.32 Å². The van der Waals surface area contributed by atoms with E-state index in [0.717, 1.165) is 27.9 Å². The second-order valence-electron chi connectivity index (χ2n) is 5.35. The summed E-state index contributed by atoms with van der Waals surface area (Å²) in [5.41, 5.74) is 3.04. The van der Waals surface area contributed by atoms with E-state index in [9.17, 15) is 4.79 Å². The number of ether oxygens (including phenoxy) is 1. The molecule has 0 saturated heterocycles. The van der Waals surface area contributed by atoms with Crippen LogP contribution in [0.2, 0.25) is 0 Å². The number of carbonyl (C=O) groups excluding carboxylic acids is 1.